The standard InChI is InChI=1S/C21H21FN4O5S/c22-14-4-5-17-16(11-14)18(27)12-21(25-17)6-8-26(9-7-21)20(29)24-19(28)13-2-1-3-15(10-13)32(23,30)31/h1-5,10-11,25H,6-9,12H2,(H2,23,30,31)(H,24,28,29). The molecule has 2 heterocycles. The van der Waals surface area contributed by atoms with Crippen molar-refractivity contribution < 1.29 is 27.2 Å². The second kappa shape index (κ2) is 7.99. The highest BCUT2D eigenvalue weighted by Gasteiger charge is 2.41. The number of benzene rings is 2. The molecule has 0 bridgehead atoms. The summed E-state index contributed by atoms with van der Waals surface area (Å²) in [7, 11) is -3.98. The Hall–Kier alpha value is -3.31. The number of piperidine rings is 1. The summed E-state index contributed by atoms with van der Waals surface area (Å²) in [5, 5.41) is 10.7. The molecule has 0 aromatic heterocycles. The Kier molecular flexibility index (Phi) is 5.47. The number of anilines is 1. The summed E-state index contributed by atoms with van der Waals surface area (Å²) in [5.41, 5.74) is 0.349. The minimum absolute atomic E-state index is 0.0123. The van der Waals surface area contributed by atoms with Crippen molar-refractivity contribution in [3.8, 4) is 0 Å². The minimum Gasteiger partial charge on any atom is -0.378 e. The van der Waals surface area contributed by atoms with E-state index in [0.29, 0.717) is 37.2 Å². The molecular formula is C21H21FN4O5S. The lowest BCUT2D eigenvalue weighted by Gasteiger charge is -2.45. The van der Waals surface area contributed by atoms with Gasteiger partial charge in [0.25, 0.3) is 5.91 Å². The van der Waals surface area contributed by atoms with Gasteiger partial charge >= 0.3 is 6.03 Å². The molecule has 32 heavy (non-hydrogen) atoms. The van der Waals surface area contributed by atoms with Crippen LogP contribution >= 0.6 is 0 Å². The number of halogens is 1. The number of primary sulfonamides is 1. The lowest BCUT2D eigenvalue weighted by atomic mass is 9.78. The van der Waals surface area contributed by atoms with Gasteiger partial charge in [0.05, 0.1) is 4.90 Å². The van der Waals surface area contributed by atoms with Crippen LogP contribution in [0.4, 0.5) is 14.9 Å². The van der Waals surface area contributed by atoms with Crippen LogP contribution < -0.4 is 15.8 Å². The fraction of sp³-hybridized carbons (Fsp3) is 0.286. The van der Waals surface area contributed by atoms with Crippen molar-refractivity contribution in [1.29, 1.82) is 0 Å². The zero-order chi connectivity index (χ0) is 23.1. The maximum Gasteiger partial charge on any atom is 0.324 e. The number of likely N-dealkylation sites (tertiary alicyclic amines) is 1. The maximum atomic E-state index is 13.5. The number of urea groups is 1. The van der Waals surface area contributed by atoms with Gasteiger partial charge in [0, 0.05) is 41.9 Å². The van der Waals surface area contributed by atoms with Crippen molar-refractivity contribution in [3.05, 3.63) is 59.4 Å². The molecule has 4 N–H and O–H groups in total. The van der Waals surface area contributed by atoms with Gasteiger partial charge in [0.15, 0.2) is 5.78 Å². The quantitative estimate of drug-likeness (QED) is 0.625. The van der Waals surface area contributed by atoms with Crippen molar-refractivity contribution in [1.82, 2.24) is 10.2 Å². The van der Waals surface area contributed by atoms with Crippen LogP contribution in [0, 0.1) is 5.82 Å². The summed E-state index contributed by atoms with van der Waals surface area (Å²) in [6.07, 6.45) is 1.13. The number of fused-ring (bicyclic) bond motifs is 1. The van der Waals surface area contributed by atoms with Crippen LogP contribution in [-0.2, 0) is 10.0 Å². The smallest absolute Gasteiger partial charge is 0.324 e. The molecule has 0 aliphatic carbocycles. The van der Waals surface area contributed by atoms with Crippen LogP contribution in [0.3, 0.4) is 0 Å². The molecule has 2 aromatic rings. The zero-order valence-electron chi connectivity index (χ0n) is 16.9. The number of hydrogen-bond donors (Lipinski definition) is 3. The van der Waals surface area contributed by atoms with Gasteiger partial charge in [-0.1, -0.05) is 6.07 Å². The number of amides is 3. The van der Waals surface area contributed by atoms with Crippen LogP contribution in [0.25, 0.3) is 0 Å². The second-order valence-electron chi connectivity index (χ2n) is 8.01. The van der Waals surface area contributed by atoms with Gasteiger partial charge in [-0.05, 0) is 49.2 Å². The van der Waals surface area contributed by atoms with Crippen molar-refractivity contribution in [2.45, 2.75) is 29.7 Å². The molecule has 2 aromatic carbocycles. The molecule has 0 unspecified atom stereocenters. The Labute approximate surface area is 183 Å². The van der Waals surface area contributed by atoms with E-state index in [-0.39, 0.29) is 22.7 Å². The predicted molar refractivity (Wildman–Crippen MR) is 113 cm³/mol. The van der Waals surface area contributed by atoms with E-state index >= 15 is 0 Å². The average molecular weight is 460 g/mol. The third kappa shape index (κ3) is 4.34. The monoisotopic (exact) mass is 460 g/mol. The average Bonchev–Trinajstić information content (AvgIpc) is 2.74. The number of rotatable bonds is 2. The Morgan fingerprint density at radius 3 is 2.53 bits per heavy atom. The fourth-order valence-corrected chi connectivity index (χ4v) is 4.65. The summed E-state index contributed by atoms with van der Waals surface area (Å²) in [6, 6.07) is 8.52. The Bertz CT molecular complexity index is 1220. The SMILES string of the molecule is NS(=O)(=O)c1cccc(C(=O)NC(=O)N2CCC3(CC2)CC(=O)c2cc(F)ccc2N3)c1. The fourth-order valence-electron chi connectivity index (χ4n) is 4.09. The third-order valence-corrected chi connectivity index (χ3v) is 6.74. The number of Topliss-reactive ketones (excluding diaryl/α,β-unsaturated/α-hetero) is 1. The van der Waals surface area contributed by atoms with Crippen LogP contribution in [-0.4, -0.2) is 49.7 Å². The van der Waals surface area contributed by atoms with E-state index in [0.717, 1.165) is 6.07 Å². The molecule has 0 saturated carbocycles. The van der Waals surface area contributed by atoms with Crippen molar-refractivity contribution in [2.24, 2.45) is 5.14 Å². The van der Waals surface area contributed by atoms with Gasteiger partial charge in [-0.25, -0.2) is 22.7 Å². The number of nitrogens with one attached hydrogen (secondary N) is 2. The molecule has 1 spiro atoms. The minimum atomic E-state index is -3.98. The Morgan fingerprint density at radius 2 is 1.84 bits per heavy atom. The zero-order valence-corrected chi connectivity index (χ0v) is 17.7. The number of nitrogens with zero attached hydrogens (tertiary/aromatic N) is 1. The highest BCUT2D eigenvalue weighted by molar-refractivity contribution is 7.89. The van der Waals surface area contributed by atoms with E-state index in [1.54, 1.807) is 0 Å². The second-order valence-corrected chi connectivity index (χ2v) is 9.58. The first kappa shape index (κ1) is 21.9. The first-order valence-corrected chi connectivity index (χ1v) is 11.5. The lowest BCUT2D eigenvalue weighted by Crippen LogP contribution is -2.55. The van der Waals surface area contributed by atoms with Crippen molar-refractivity contribution >= 4 is 33.4 Å². The molecule has 2 aliphatic heterocycles. The Balaban J connectivity index is 1.40. The summed E-state index contributed by atoms with van der Waals surface area (Å²) in [4.78, 5) is 38.7. The topological polar surface area (TPSA) is 139 Å². The summed E-state index contributed by atoms with van der Waals surface area (Å²) in [6.45, 7) is 0.598. The number of nitrogens with two attached hydrogens (primary N) is 1. The van der Waals surface area contributed by atoms with E-state index in [1.807, 2.05) is 0 Å². The predicted octanol–water partition coefficient (Wildman–Crippen LogP) is 1.86. The Morgan fingerprint density at radius 1 is 1.12 bits per heavy atom. The van der Waals surface area contributed by atoms with Crippen LogP contribution in [0.1, 0.15) is 40.0 Å². The van der Waals surface area contributed by atoms with Crippen LogP contribution in [0.2, 0.25) is 0 Å². The normalized spacial score (nSPS) is 17.4. The number of ketones is 1. The van der Waals surface area contributed by atoms with E-state index in [4.69, 9.17) is 5.14 Å². The molecule has 0 atom stereocenters. The number of carbonyl (C=O) groups excluding carboxylic acids is 3. The highest BCUT2D eigenvalue weighted by atomic mass is 32.2. The molecule has 11 heteroatoms. The van der Waals surface area contributed by atoms with Gasteiger partial charge in [-0.2, -0.15) is 0 Å². The van der Waals surface area contributed by atoms with Gasteiger partial charge in [-0.15, -0.1) is 0 Å². The van der Waals surface area contributed by atoms with E-state index < -0.39 is 33.3 Å². The van der Waals surface area contributed by atoms with Crippen molar-refractivity contribution in [2.75, 3.05) is 18.4 Å². The molecule has 168 valence electrons. The third-order valence-electron chi connectivity index (χ3n) is 5.83. The number of sulfonamides is 1. The molecular weight excluding hydrogens is 439 g/mol. The first-order chi connectivity index (χ1) is 15.1. The number of hydrogen-bond acceptors (Lipinski definition) is 6. The van der Waals surface area contributed by atoms with E-state index in [9.17, 15) is 27.2 Å². The molecule has 4 rings (SSSR count). The highest BCUT2D eigenvalue weighted by Crippen LogP contribution is 2.37. The molecule has 2 aliphatic rings. The maximum absolute atomic E-state index is 13.5. The molecule has 9 nitrogen and oxygen atoms in total. The molecule has 1 saturated heterocycles. The molecule has 1 fully saturated rings. The van der Waals surface area contributed by atoms with E-state index in [1.165, 1.54) is 41.3 Å². The number of imide groups is 1. The summed E-state index contributed by atoms with van der Waals surface area (Å²) >= 11 is 0. The largest absolute Gasteiger partial charge is 0.378 e. The molecule has 0 radical (unpaired) electrons. The lowest BCUT2D eigenvalue weighted by molar-refractivity contribution is 0.0908. The first-order valence-electron chi connectivity index (χ1n) is 9.90. The van der Waals surface area contributed by atoms with Crippen LogP contribution in [0.15, 0.2) is 47.4 Å². The van der Waals surface area contributed by atoms with Gasteiger partial charge in [0.2, 0.25) is 10.0 Å². The van der Waals surface area contributed by atoms with Gasteiger partial charge in [0.1, 0.15) is 5.82 Å². The van der Waals surface area contributed by atoms with Crippen molar-refractivity contribution in [3.63, 3.8) is 0 Å². The van der Waals surface area contributed by atoms with Gasteiger partial charge < -0.3 is 10.2 Å². The van der Waals surface area contributed by atoms with Crippen LogP contribution in [0.5, 0.6) is 0 Å². The van der Waals surface area contributed by atoms with Gasteiger partial charge in [-0.3, -0.25) is 14.9 Å². The summed E-state index contributed by atoms with van der Waals surface area (Å²) in [5.74, 6) is -1.37. The number of carbonyl (C=O) groups is 3. The molecule has 3 amide bonds. The van der Waals surface area contributed by atoms with E-state index in [2.05, 4.69) is 10.6 Å². The summed E-state index contributed by atoms with van der Waals surface area (Å²) < 4.78 is 36.4.